The predicted molar refractivity (Wildman–Crippen MR) is 149 cm³/mol. The molecule has 0 saturated heterocycles. The summed E-state index contributed by atoms with van der Waals surface area (Å²) in [5.41, 5.74) is 6.37. The highest BCUT2D eigenvalue weighted by Gasteiger charge is 2.33. The van der Waals surface area contributed by atoms with E-state index < -0.39 is 54.5 Å². The minimum atomic E-state index is -1.42. The summed E-state index contributed by atoms with van der Waals surface area (Å²) >= 11 is 0. The van der Waals surface area contributed by atoms with Crippen molar-refractivity contribution in [3.8, 4) is 11.5 Å². The van der Waals surface area contributed by atoms with Crippen molar-refractivity contribution in [2.24, 2.45) is 17.6 Å². The van der Waals surface area contributed by atoms with Crippen LogP contribution in [0.25, 0.3) is 0 Å². The van der Waals surface area contributed by atoms with Crippen molar-refractivity contribution in [3.05, 3.63) is 23.8 Å². The standard InChI is InChI=1S/C29H45NO11/c1-8-10-19(6)38-28(34)40-22-13-12-21(14-23(22)41-29(35)39-20(7)11-9-2)24(25(30)26(31)32)18(5)16-37-27(33)36-15-17(3)4/h12-14,17-20,24-25H,8-11,15-16,30H2,1-7H3,(H,31,32)/t18?,19?,20?,24?,25-/m0/s1. The van der Waals surface area contributed by atoms with Gasteiger partial charge in [0.1, 0.15) is 18.2 Å². The summed E-state index contributed by atoms with van der Waals surface area (Å²) in [6, 6.07) is 2.74. The first kappa shape index (κ1) is 35.5. The lowest BCUT2D eigenvalue weighted by Gasteiger charge is -2.28. The van der Waals surface area contributed by atoms with Crippen molar-refractivity contribution in [2.75, 3.05) is 13.2 Å². The van der Waals surface area contributed by atoms with Gasteiger partial charge in [-0.25, -0.2) is 14.4 Å². The van der Waals surface area contributed by atoms with Gasteiger partial charge in [0.25, 0.3) is 0 Å². The van der Waals surface area contributed by atoms with Crippen LogP contribution in [0.2, 0.25) is 0 Å². The largest absolute Gasteiger partial charge is 0.514 e. The zero-order valence-corrected chi connectivity index (χ0v) is 25.0. The highest BCUT2D eigenvalue weighted by molar-refractivity contribution is 5.75. The van der Waals surface area contributed by atoms with Crippen molar-refractivity contribution >= 4 is 24.4 Å². The molecule has 4 unspecified atom stereocenters. The van der Waals surface area contributed by atoms with Gasteiger partial charge >= 0.3 is 24.4 Å². The molecule has 0 aliphatic rings. The number of carboxylic acid groups (broad SMARTS) is 1. The topological polar surface area (TPSA) is 170 Å². The Labute approximate surface area is 241 Å². The first-order chi connectivity index (χ1) is 19.3. The zero-order valence-electron chi connectivity index (χ0n) is 25.0. The number of benzene rings is 1. The molecule has 0 aliphatic heterocycles. The van der Waals surface area contributed by atoms with Gasteiger partial charge in [0.2, 0.25) is 0 Å². The molecular weight excluding hydrogens is 538 g/mol. The SMILES string of the molecule is CCCC(C)OC(=O)Oc1ccc(C(C(C)COC(=O)OCC(C)C)[C@H](N)C(=O)O)cc1OC(=O)OC(C)CCC. The fourth-order valence-corrected chi connectivity index (χ4v) is 4.01. The maximum absolute atomic E-state index is 12.5. The molecule has 0 bridgehead atoms. The third-order valence-corrected chi connectivity index (χ3v) is 6.01. The molecule has 0 saturated carbocycles. The molecule has 0 aromatic heterocycles. The maximum Gasteiger partial charge on any atom is 0.514 e. The van der Waals surface area contributed by atoms with Crippen LogP contribution in [0, 0.1) is 11.8 Å². The molecule has 0 aliphatic carbocycles. The quantitative estimate of drug-likeness (QED) is 0.132. The lowest BCUT2D eigenvalue weighted by atomic mass is 9.82. The highest BCUT2D eigenvalue weighted by atomic mass is 16.8. The van der Waals surface area contributed by atoms with Gasteiger partial charge in [-0.15, -0.1) is 0 Å². The van der Waals surface area contributed by atoms with Crippen molar-refractivity contribution < 1.29 is 52.7 Å². The second kappa shape index (κ2) is 18.0. The van der Waals surface area contributed by atoms with Gasteiger partial charge in [0.05, 0.1) is 13.2 Å². The summed E-state index contributed by atoms with van der Waals surface area (Å²) in [7, 11) is 0. The Bertz CT molecular complexity index is 997. The van der Waals surface area contributed by atoms with Crippen molar-refractivity contribution in [1.82, 2.24) is 0 Å². The summed E-state index contributed by atoms with van der Waals surface area (Å²) in [6.07, 6.45) is -0.961. The monoisotopic (exact) mass is 583 g/mol. The fraction of sp³-hybridized carbons (Fsp3) is 0.655. The van der Waals surface area contributed by atoms with Crippen molar-refractivity contribution in [2.45, 2.75) is 98.3 Å². The van der Waals surface area contributed by atoms with E-state index in [0.29, 0.717) is 18.4 Å². The Morgan fingerprint density at radius 1 is 0.780 bits per heavy atom. The number of hydrogen-bond donors (Lipinski definition) is 2. The van der Waals surface area contributed by atoms with E-state index in [1.54, 1.807) is 20.8 Å². The summed E-state index contributed by atoms with van der Waals surface area (Å²) < 4.78 is 31.4. The third-order valence-electron chi connectivity index (χ3n) is 6.01. The Balaban J connectivity index is 3.32. The van der Waals surface area contributed by atoms with E-state index in [1.165, 1.54) is 18.2 Å². The van der Waals surface area contributed by atoms with Crippen LogP contribution in [0.3, 0.4) is 0 Å². The van der Waals surface area contributed by atoms with Gasteiger partial charge in [-0.2, -0.15) is 0 Å². The van der Waals surface area contributed by atoms with E-state index in [0.717, 1.165) is 12.8 Å². The van der Waals surface area contributed by atoms with Gasteiger partial charge in [-0.05, 0) is 56.2 Å². The smallest absolute Gasteiger partial charge is 0.480 e. The van der Waals surface area contributed by atoms with Crippen LogP contribution < -0.4 is 15.2 Å². The number of ether oxygens (including phenoxy) is 6. The third kappa shape index (κ3) is 13.1. The fourth-order valence-electron chi connectivity index (χ4n) is 4.01. The summed E-state index contributed by atoms with van der Waals surface area (Å²) in [5, 5.41) is 9.70. The summed E-state index contributed by atoms with van der Waals surface area (Å²) in [5.74, 6) is -3.06. The van der Waals surface area contributed by atoms with Crippen LogP contribution in [-0.2, 0) is 23.7 Å². The maximum atomic E-state index is 12.5. The van der Waals surface area contributed by atoms with Gasteiger partial charge < -0.3 is 39.3 Å². The van der Waals surface area contributed by atoms with Crippen LogP contribution in [-0.4, -0.2) is 61.0 Å². The first-order valence-electron chi connectivity index (χ1n) is 14.0. The van der Waals surface area contributed by atoms with E-state index >= 15 is 0 Å². The Morgan fingerprint density at radius 3 is 1.78 bits per heavy atom. The molecule has 3 N–H and O–H groups in total. The second-order valence-electron chi connectivity index (χ2n) is 10.5. The molecule has 0 spiro atoms. The predicted octanol–water partition coefficient (Wildman–Crippen LogP) is 6.04. The minimum absolute atomic E-state index is 0.107. The minimum Gasteiger partial charge on any atom is -0.480 e. The van der Waals surface area contributed by atoms with Crippen LogP contribution in [0.5, 0.6) is 11.5 Å². The Hall–Kier alpha value is -3.54. The molecule has 12 heteroatoms. The molecule has 0 heterocycles. The second-order valence-corrected chi connectivity index (χ2v) is 10.5. The molecule has 1 aromatic carbocycles. The van der Waals surface area contributed by atoms with E-state index in [1.807, 2.05) is 27.7 Å². The summed E-state index contributed by atoms with van der Waals surface area (Å²) in [4.78, 5) is 48.8. The lowest BCUT2D eigenvalue weighted by Crippen LogP contribution is -2.40. The van der Waals surface area contributed by atoms with E-state index in [9.17, 15) is 24.3 Å². The molecule has 1 rings (SSSR count). The molecule has 232 valence electrons. The number of carbonyl (C=O) groups excluding carboxylic acids is 3. The van der Waals surface area contributed by atoms with Gasteiger partial charge in [-0.1, -0.05) is 53.5 Å². The van der Waals surface area contributed by atoms with Gasteiger partial charge in [0, 0.05) is 5.92 Å². The number of aliphatic carboxylic acids is 1. The number of hydrogen-bond acceptors (Lipinski definition) is 11. The normalized spacial score (nSPS) is 14.7. The lowest BCUT2D eigenvalue weighted by molar-refractivity contribution is -0.139. The van der Waals surface area contributed by atoms with Gasteiger partial charge in [-0.3, -0.25) is 4.79 Å². The number of rotatable bonds is 16. The van der Waals surface area contributed by atoms with Gasteiger partial charge in [0.15, 0.2) is 11.5 Å². The molecule has 0 radical (unpaired) electrons. The van der Waals surface area contributed by atoms with Crippen molar-refractivity contribution in [1.29, 1.82) is 0 Å². The highest BCUT2D eigenvalue weighted by Crippen LogP contribution is 2.36. The molecule has 5 atom stereocenters. The Kier molecular flexibility index (Phi) is 15.6. The number of carboxylic acids is 1. The molecule has 0 fully saturated rings. The molecule has 0 amide bonds. The van der Waals surface area contributed by atoms with Crippen LogP contribution >= 0.6 is 0 Å². The van der Waals surface area contributed by atoms with E-state index in [2.05, 4.69) is 0 Å². The van der Waals surface area contributed by atoms with Crippen LogP contribution in [0.1, 0.15) is 85.6 Å². The zero-order chi connectivity index (χ0) is 31.1. The summed E-state index contributed by atoms with van der Waals surface area (Å²) in [6.45, 7) is 12.7. The molecule has 1 aromatic rings. The van der Waals surface area contributed by atoms with E-state index in [4.69, 9.17) is 34.2 Å². The number of carbonyl (C=O) groups is 4. The Morgan fingerprint density at radius 2 is 1.29 bits per heavy atom. The number of nitrogens with two attached hydrogens (primary N) is 1. The molecule has 41 heavy (non-hydrogen) atoms. The van der Waals surface area contributed by atoms with Crippen LogP contribution in [0.15, 0.2) is 18.2 Å². The first-order valence-corrected chi connectivity index (χ1v) is 14.0. The van der Waals surface area contributed by atoms with Crippen LogP contribution in [0.4, 0.5) is 14.4 Å². The molecule has 12 nitrogen and oxygen atoms in total. The van der Waals surface area contributed by atoms with Crippen molar-refractivity contribution in [3.63, 3.8) is 0 Å². The average molecular weight is 584 g/mol. The molecular formula is C29H45NO11. The average Bonchev–Trinajstić information content (AvgIpc) is 2.87. The van der Waals surface area contributed by atoms with E-state index in [-0.39, 0.29) is 30.6 Å².